The second-order valence-electron chi connectivity index (χ2n) is 4.46. The molecule has 0 saturated heterocycles. The highest BCUT2D eigenvalue weighted by atomic mass is 31.2. The molecule has 1 fully saturated rings. The Morgan fingerprint density at radius 2 is 1.71 bits per heavy atom. The summed E-state index contributed by atoms with van der Waals surface area (Å²) in [6.45, 7) is 5.31. The zero-order chi connectivity index (χ0) is 12.6. The van der Waals surface area contributed by atoms with Crippen LogP contribution in [-0.2, 0) is 13.6 Å². The van der Waals surface area contributed by atoms with E-state index in [0.717, 1.165) is 6.54 Å². The van der Waals surface area contributed by atoms with Gasteiger partial charge in [-0.15, -0.1) is 0 Å². The van der Waals surface area contributed by atoms with Crippen molar-refractivity contribution < 1.29 is 13.6 Å². The molecular weight excluding hydrogens is 237 g/mol. The van der Waals surface area contributed by atoms with Crippen LogP contribution in [0.5, 0.6) is 0 Å². The van der Waals surface area contributed by atoms with Crippen molar-refractivity contribution in [3.63, 3.8) is 0 Å². The van der Waals surface area contributed by atoms with Gasteiger partial charge >= 0.3 is 7.60 Å². The second-order valence-corrected chi connectivity index (χ2v) is 6.64. The molecule has 0 aliphatic heterocycles. The molecule has 0 spiro atoms. The average molecular weight is 263 g/mol. The Bertz CT molecular complexity index is 232. The van der Waals surface area contributed by atoms with Crippen LogP contribution in [0.25, 0.3) is 0 Å². The first-order chi connectivity index (χ1) is 8.20. The van der Waals surface area contributed by atoms with E-state index in [1.54, 1.807) is 0 Å². The van der Waals surface area contributed by atoms with Crippen molar-refractivity contribution in [1.82, 2.24) is 5.32 Å². The maximum absolute atomic E-state index is 12.2. The van der Waals surface area contributed by atoms with Gasteiger partial charge in [-0.05, 0) is 26.7 Å². The molecule has 0 heterocycles. The molecule has 0 aromatic heterocycles. The summed E-state index contributed by atoms with van der Waals surface area (Å²) in [5.74, 6) is 0. The van der Waals surface area contributed by atoms with Crippen molar-refractivity contribution in [3.8, 4) is 0 Å². The van der Waals surface area contributed by atoms with Crippen molar-refractivity contribution in [1.29, 1.82) is 0 Å². The Balaban J connectivity index is 2.23. The van der Waals surface area contributed by atoms with Crippen LogP contribution in [0.15, 0.2) is 0 Å². The molecule has 1 saturated carbocycles. The summed E-state index contributed by atoms with van der Waals surface area (Å²) >= 11 is 0. The third kappa shape index (κ3) is 6.01. The van der Waals surface area contributed by atoms with E-state index in [-0.39, 0.29) is 0 Å². The molecule has 1 rings (SSSR count). The number of nitrogens with one attached hydrogen (secondary N) is 1. The summed E-state index contributed by atoms with van der Waals surface area (Å²) in [7, 11) is -2.85. The van der Waals surface area contributed by atoms with Gasteiger partial charge in [0.1, 0.15) is 0 Å². The van der Waals surface area contributed by atoms with Crippen molar-refractivity contribution in [2.75, 3.05) is 25.9 Å². The monoisotopic (exact) mass is 263 g/mol. The third-order valence-corrected chi connectivity index (χ3v) is 5.15. The summed E-state index contributed by atoms with van der Waals surface area (Å²) in [6, 6.07) is 0.598. The Morgan fingerprint density at radius 3 is 2.24 bits per heavy atom. The van der Waals surface area contributed by atoms with E-state index in [9.17, 15) is 4.57 Å². The molecule has 0 aromatic carbocycles. The molecule has 1 aliphatic rings. The van der Waals surface area contributed by atoms with Crippen molar-refractivity contribution in [3.05, 3.63) is 0 Å². The minimum absolute atomic E-state index is 0.445. The molecule has 0 atom stereocenters. The summed E-state index contributed by atoms with van der Waals surface area (Å²) in [5.41, 5.74) is 0. The van der Waals surface area contributed by atoms with E-state index in [4.69, 9.17) is 9.05 Å². The van der Waals surface area contributed by atoms with Gasteiger partial charge < -0.3 is 14.4 Å². The van der Waals surface area contributed by atoms with Crippen molar-refractivity contribution in [2.45, 2.75) is 52.0 Å². The fraction of sp³-hybridized carbons (Fsp3) is 1.00. The molecule has 4 nitrogen and oxygen atoms in total. The van der Waals surface area contributed by atoms with Crippen LogP contribution in [0, 0.1) is 0 Å². The fourth-order valence-electron chi connectivity index (χ4n) is 2.27. The lowest BCUT2D eigenvalue weighted by Crippen LogP contribution is -2.33. The van der Waals surface area contributed by atoms with Gasteiger partial charge in [0.2, 0.25) is 0 Å². The second kappa shape index (κ2) is 8.25. The van der Waals surface area contributed by atoms with Gasteiger partial charge in [0, 0.05) is 12.6 Å². The van der Waals surface area contributed by atoms with Gasteiger partial charge in [-0.25, -0.2) is 0 Å². The van der Waals surface area contributed by atoms with Crippen molar-refractivity contribution in [2.24, 2.45) is 0 Å². The van der Waals surface area contributed by atoms with Crippen LogP contribution in [0.1, 0.15) is 46.0 Å². The lowest BCUT2D eigenvalue weighted by molar-refractivity contribution is 0.219. The number of hydrogen-bond donors (Lipinski definition) is 1. The summed E-state index contributed by atoms with van der Waals surface area (Å²) in [5, 5.41) is 3.46. The van der Waals surface area contributed by atoms with E-state index in [1.165, 1.54) is 32.1 Å². The molecule has 0 bridgehead atoms. The first-order valence-corrected chi connectivity index (χ1v) is 8.54. The van der Waals surface area contributed by atoms with Crippen LogP contribution in [0.2, 0.25) is 0 Å². The number of hydrogen-bond acceptors (Lipinski definition) is 4. The number of rotatable bonds is 8. The van der Waals surface area contributed by atoms with E-state index >= 15 is 0 Å². The summed E-state index contributed by atoms with van der Waals surface area (Å²) in [4.78, 5) is 0. The maximum atomic E-state index is 12.2. The normalized spacial score (nSPS) is 18.5. The van der Waals surface area contributed by atoms with Gasteiger partial charge in [0.05, 0.1) is 19.4 Å². The quantitative estimate of drug-likeness (QED) is 0.683. The van der Waals surface area contributed by atoms with Crippen LogP contribution in [0.4, 0.5) is 0 Å². The van der Waals surface area contributed by atoms with E-state index in [1.807, 2.05) is 13.8 Å². The smallest absolute Gasteiger partial charge is 0.313 e. The predicted octanol–water partition coefficient (Wildman–Crippen LogP) is 3.17. The minimum atomic E-state index is -2.85. The van der Waals surface area contributed by atoms with Crippen molar-refractivity contribution >= 4 is 7.60 Å². The first-order valence-electron chi connectivity index (χ1n) is 6.81. The third-order valence-electron chi connectivity index (χ3n) is 3.08. The summed E-state index contributed by atoms with van der Waals surface area (Å²) in [6.07, 6.45) is 6.94. The van der Waals surface area contributed by atoms with Gasteiger partial charge in [-0.1, -0.05) is 19.3 Å². The van der Waals surface area contributed by atoms with Gasteiger partial charge in [-0.2, -0.15) is 0 Å². The Labute approximate surface area is 105 Å². The molecule has 1 aliphatic carbocycles. The zero-order valence-electron chi connectivity index (χ0n) is 11.1. The van der Waals surface area contributed by atoms with Gasteiger partial charge in [-0.3, -0.25) is 4.57 Å². The molecule has 0 aromatic rings. The molecule has 17 heavy (non-hydrogen) atoms. The predicted molar refractivity (Wildman–Crippen MR) is 70.6 cm³/mol. The molecule has 0 radical (unpaired) electrons. The molecular formula is C12H26NO3P. The topological polar surface area (TPSA) is 47.6 Å². The van der Waals surface area contributed by atoms with Crippen LogP contribution in [0.3, 0.4) is 0 Å². The SMILES string of the molecule is CCOP(=O)(CCNC1CCCCC1)OCC. The zero-order valence-corrected chi connectivity index (χ0v) is 12.0. The Morgan fingerprint density at radius 1 is 1.12 bits per heavy atom. The fourth-order valence-corrected chi connectivity index (χ4v) is 3.79. The molecule has 5 heteroatoms. The highest BCUT2D eigenvalue weighted by molar-refractivity contribution is 7.53. The van der Waals surface area contributed by atoms with Gasteiger partial charge in [0.25, 0.3) is 0 Å². The van der Waals surface area contributed by atoms with E-state index < -0.39 is 7.60 Å². The highest BCUT2D eigenvalue weighted by Gasteiger charge is 2.23. The lowest BCUT2D eigenvalue weighted by Gasteiger charge is -2.24. The molecule has 0 unspecified atom stereocenters. The standard InChI is InChI=1S/C12H26NO3P/c1-3-15-17(14,16-4-2)11-10-13-12-8-6-5-7-9-12/h12-13H,3-11H2,1-2H3. The minimum Gasteiger partial charge on any atom is -0.313 e. The molecule has 102 valence electrons. The van der Waals surface area contributed by atoms with E-state index in [2.05, 4.69) is 5.32 Å². The van der Waals surface area contributed by atoms with Crippen LogP contribution >= 0.6 is 7.60 Å². The maximum Gasteiger partial charge on any atom is 0.331 e. The largest absolute Gasteiger partial charge is 0.331 e. The van der Waals surface area contributed by atoms with E-state index in [0.29, 0.717) is 25.4 Å². The van der Waals surface area contributed by atoms with Crippen LogP contribution in [-0.4, -0.2) is 32.0 Å². The molecule has 0 amide bonds. The van der Waals surface area contributed by atoms with Crippen LogP contribution < -0.4 is 5.32 Å². The Kier molecular flexibility index (Phi) is 7.36. The average Bonchev–Trinajstić information content (AvgIpc) is 2.31. The van der Waals surface area contributed by atoms with Gasteiger partial charge in [0.15, 0.2) is 0 Å². The molecule has 1 N–H and O–H groups in total. The first kappa shape index (κ1) is 15.2. The highest BCUT2D eigenvalue weighted by Crippen LogP contribution is 2.47. The Hall–Kier alpha value is 0.110. The summed E-state index contributed by atoms with van der Waals surface area (Å²) < 4.78 is 22.7. The lowest BCUT2D eigenvalue weighted by atomic mass is 9.96.